The predicted octanol–water partition coefficient (Wildman–Crippen LogP) is 4.92. The third-order valence-corrected chi connectivity index (χ3v) is 4.20. The number of carbonyl (C=O) groups is 1. The smallest absolute Gasteiger partial charge is 0.408 e. The summed E-state index contributed by atoms with van der Waals surface area (Å²) >= 11 is 0. The summed E-state index contributed by atoms with van der Waals surface area (Å²) in [7, 11) is 1.48. The number of nitrogens with one attached hydrogen (secondary N) is 1. The standard InChI is InChI=1S/C20H22F3NO3/c1-3-14(13-27-19(25)15-7-5-4-6-8-15)18(20(21,22)23)24-16-9-11-17(26-2)12-10-16/h4-12,14,18,24H,3,13H2,1-2H3/t14-,18-/m0/s1. The molecule has 0 radical (unpaired) electrons. The topological polar surface area (TPSA) is 47.6 Å². The lowest BCUT2D eigenvalue weighted by Gasteiger charge is -2.29. The van der Waals surface area contributed by atoms with Gasteiger partial charge in [-0.25, -0.2) is 4.79 Å². The van der Waals surface area contributed by atoms with Crippen molar-refractivity contribution in [2.24, 2.45) is 5.92 Å². The van der Waals surface area contributed by atoms with Gasteiger partial charge in [0.15, 0.2) is 0 Å². The maximum atomic E-state index is 13.6. The van der Waals surface area contributed by atoms with Crippen LogP contribution in [0.5, 0.6) is 5.75 Å². The number of rotatable bonds is 8. The highest BCUT2D eigenvalue weighted by atomic mass is 19.4. The first-order chi connectivity index (χ1) is 12.8. The van der Waals surface area contributed by atoms with Crippen LogP contribution in [-0.2, 0) is 4.74 Å². The number of ether oxygens (including phenoxy) is 2. The van der Waals surface area contributed by atoms with Crippen LogP contribution < -0.4 is 10.1 Å². The molecular weight excluding hydrogens is 359 g/mol. The Morgan fingerprint density at radius 3 is 2.22 bits per heavy atom. The van der Waals surface area contributed by atoms with E-state index in [-0.39, 0.29) is 13.0 Å². The first-order valence-corrected chi connectivity index (χ1v) is 8.54. The number of benzene rings is 2. The van der Waals surface area contributed by atoms with Gasteiger partial charge in [-0.15, -0.1) is 0 Å². The van der Waals surface area contributed by atoms with Crippen LogP contribution in [-0.4, -0.2) is 31.9 Å². The van der Waals surface area contributed by atoms with E-state index >= 15 is 0 Å². The van der Waals surface area contributed by atoms with Gasteiger partial charge in [-0.3, -0.25) is 0 Å². The number of alkyl halides is 3. The molecule has 2 aromatic carbocycles. The molecule has 4 nitrogen and oxygen atoms in total. The molecule has 2 aromatic rings. The third kappa shape index (κ3) is 5.91. The monoisotopic (exact) mass is 381 g/mol. The number of hydrogen-bond acceptors (Lipinski definition) is 4. The van der Waals surface area contributed by atoms with Gasteiger partial charge >= 0.3 is 12.1 Å². The molecular formula is C20H22F3NO3. The lowest BCUT2D eigenvalue weighted by Crippen LogP contribution is -2.44. The van der Waals surface area contributed by atoms with Gasteiger partial charge in [0.25, 0.3) is 0 Å². The lowest BCUT2D eigenvalue weighted by molar-refractivity contribution is -0.156. The second kappa shape index (κ2) is 9.30. The van der Waals surface area contributed by atoms with Gasteiger partial charge in [-0.2, -0.15) is 13.2 Å². The summed E-state index contributed by atoms with van der Waals surface area (Å²) in [6, 6.07) is 12.5. The van der Waals surface area contributed by atoms with Crippen LogP contribution in [0.25, 0.3) is 0 Å². The zero-order valence-electron chi connectivity index (χ0n) is 15.1. The largest absolute Gasteiger partial charge is 0.497 e. The SMILES string of the molecule is CC[C@@H](COC(=O)c1ccccc1)[C@H](Nc1ccc(OC)cc1)C(F)(F)F. The maximum Gasteiger partial charge on any atom is 0.408 e. The number of esters is 1. The van der Waals surface area contributed by atoms with Crippen LogP contribution in [0.3, 0.4) is 0 Å². The summed E-state index contributed by atoms with van der Waals surface area (Å²) in [5, 5.41) is 2.51. The second-order valence-electron chi connectivity index (χ2n) is 6.02. The van der Waals surface area contributed by atoms with Crippen molar-refractivity contribution in [3.63, 3.8) is 0 Å². The third-order valence-electron chi connectivity index (χ3n) is 4.20. The van der Waals surface area contributed by atoms with E-state index < -0.39 is 24.1 Å². The second-order valence-corrected chi connectivity index (χ2v) is 6.02. The molecule has 0 unspecified atom stereocenters. The van der Waals surface area contributed by atoms with Crippen LogP contribution in [0.15, 0.2) is 54.6 Å². The van der Waals surface area contributed by atoms with Crippen molar-refractivity contribution in [1.82, 2.24) is 0 Å². The molecule has 7 heteroatoms. The molecule has 146 valence electrons. The van der Waals surface area contributed by atoms with Crippen molar-refractivity contribution in [3.8, 4) is 5.75 Å². The minimum Gasteiger partial charge on any atom is -0.497 e. The first-order valence-electron chi connectivity index (χ1n) is 8.54. The van der Waals surface area contributed by atoms with Crippen LogP contribution >= 0.6 is 0 Å². The summed E-state index contributed by atoms with van der Waals surface area (Å²) in [5.74, 6) is -1.02. The highest BCUT2D eigenvalue weighted by Gasteiger charge is 2.44. The van der Waals surface area contributed by atoms with Crippen molar-refractivity contribution in [3.05, 3.63) is 60.2 Å². The number of anilines is 1. The Morgan fingerprint density at radius 1 is 1.07 bits per heavy atom. The van der Waals surface area contributed by atoms with Crippen molar-refractivity contribution in [2.45, 2.75) is 25.6 Å². The summed E-state index contributed by atoms with van der Waals surface area (Å²) in [5.41, 5.74) is 0.616. The van der Waals surface area contributed by atoms with Crippen LogP contribution in [0.1, 0.15) is 23.7 Å². The number of hydrogen-bond donors (Lipinski definition) is 1. The Balaban J connectivity index is 2.08. The maximum absolute atomic E-state index is 13.6. The van der Waals surface area contributed by atoms with E-state index in [9.17, 15) is 18.0 Å². The van der Waals surface area contributed by atoms with Crippen molar-refractivity contribution in [1.29, 1.82) is 0 Å². The fourth-order valence-electron chi connectivity index (χ4n) is 2.62. The highest BCUT2D eigenvalue weighted by molar-refractivity contribution is 5.89. The van der Waals surface area contributed by atoms with Crippen molar-refractivity contribution >= 4 is 11.7 Å². The lowest BCUT2D eigenvalue weighted by atomic mass is 9.96. The molecule has 0 fully saturated rings. The fraction of sp³-hybridized carbons (Fsp3) is 0.350. The van der Waals surface area contributed by atoms with Gasteiger partial charge < -0.3 is 14.8 Å². The molecule has 2 rings (SSSR count). The van der Waals surface area contributed by atoms with Crippen LogP contribution in [0.2, 0.25) is 0 Å². The quantitative estimate of drug-likeness (QED) is 0.660. The fourth-order valence-corrected chi connectivity index (χ4v) is 2.62. The van der Waals surface area contributed by atoms with Gasteiger partial charge in [-0.1, -0.05) is 25.1 Å². The van der Waals surface area contributed by atoms with E-state index in [0.717, 1.165) is 0 Å². The van der Waals surface area contributed by atoms with E-state index in [2.05, 4.69) is 5.32 Å². The van der Waals surface area contributed by atoms with Gasteiger partial charge in [-0.05, 0) is 42.8 Å². The molecule has 0 heterocycles. The van der Waals surface area contributed by atoms with Gasteiger partial charge in [0.2, 0.25) is 0 Å². The molecule has 1 N–H and O–H groups in total. The number of carbonyl (C=O) groups excluding carboxylic acids is 1. The summed E-state index contributed by atoms with van der Waals surface area (Å²) in [4.78, 5) is 12.0. The molecule has 0 bridgehead atoms. The zero-order valence-corrected chi connectivity index (χ0v) is 15.1. The number of methoxy groups -OCH3 is 1. The van der Waals surface area contributed by atoms with E-state index in [1.807, 2.05) is 0 Å². The van der Waals surface area contributed by atoms with E-state index in [1.54, 1.807) is 49.4 Å². The van der Waals surface area contributed by atoms with E-state index in [1.165, 1.54) is 19.2 Å². The zero-order chi connectivity index (χ0) is 19.9. The predicted molar refractivity (Wildman–Crippen MR) is 97.0 cm³/mol. The normalized spacial score (nSPS) is 13.5. The van der Waals surface area contributed by atoms with E-state index in [0.29, 0.717) is 17.0 Å². The minimum atomic E-state index is -4.50. The summed E-state index contributed by atoms with van der Waals surface area (Å²) in [6.07, 6.45) is -4.31. The van der Waals surface area contributed by atoms with Gasteiger partial charge in [0.05, 0.1) is 19.3 Å². The average molecular weight is 381 g/mol. The molecule has 0 spiro atoms. The van der Waals surface area contributed by atoms with E-state index in [4.69, 9.17) is 9.47 Å². The molecule has 27 heavy (non-hydrogen) atoms. The Bertz CT molecular complexity index is 718. The molecule has 0 aliphatic rings. The molecule has 0 saturated heterocycles. The Morgan fingerprint density at radius 2 is 1.70 bits per heavy atom. The number of halogens is 3. The van der Waals surface area contributed by atoms with Crippen LogP contribution in [0, 0.1) is 5.92 Å². The summed E-state index contributed by atoms with van der Waals surface area (Å²) in [6.45, 7) is 1.30. The molecule has 0 aromatic heterocycles. The summed E-state index contributed by atoms with van der Waals surface area (Å²) < 4.78 is 51.0. The van der Waals surface area contributed by atoms with Gasteiger partial charge in [0.1, 0.15) is 11.8 Å². The van der Waals surface area contributed by atoms with Crippen molar-refractivity contribution < 1.29 is 27.4 Å². The Kier molecular flexibility index (Phi) is 7.10. The van der Waals surface area contributed by atoms with Gasteiger partial charge in [0, 0.05) is 11.6 Å². The highest BCUT2D eigenvalue weighted by Crippen LogP contribution is 2.31. The Hall–Kier alpha value is -2.70. The molecule has 0 aliphatic heterocycles. The molecule has 0 amide bonds. The average Bonchev–Trinajstić information content (AvgIpc) is 2.67. The molecule has 0 saturated carbocycles. The first kappa shape index (κ1) is 20.6. The van der Waals surface area contributed by atoms with Crippen molar-refractivity contribution in [2.75, 3.05) is 19.0 Å². The molecule has 2 atom stereocenters. The molecule has 0 aliphatic carbocycles. The van der Waals surface area contributed by atoms with Crippen LogP contribution in [0.4, 0.5) is 18.9 Å². The Labute approximate surface area is 156 Å². The minimum absolute atomic E-state index is 0.190.